The Morgan fingerprint density at radius 1 is 0.714 bits per heavy atom. The van der Waals surface area contributed by atoms with Crippen molar-refractivity contribution in [1.82, 2.24) is 0 Å². The summed E-state index contributed by atoms with van der Waals surface area (Å²) in [6.07, 6.45) is 0. The second-order valence-corrected chi connectivity index (χ2v) is 5.60. The zero-order valence-corrected chi connectivity index (χ0v) is 8.83. The second kappa shape index (κ2) is 2.97. The summed E-state index contributed by atoms with van der Waals surface area (Å²) in [5.74, 6) is 0. The Labute approximate surface area is 85.3 Å². The molecule has 0 saturated carbocycles. The predicted molar refractivity (Wildman–Crippen MR) is 66.6 cm³/mol. The van der Waals surface area contributed by atoms with Crippen LogP contribution in [0.2, 0.25) is 0 Å². The van der Waals surface area contributed by atoms with Crippen LogP contribution in [0.5, 0.6) is 0 Å². The van der Waals surface area contributed by atoms with Crippen molar-refractivity contribution in [3.05, 3.63) is 48.5 Å². The number of hydrogen-bond donors (Lipinski definition) is 0. The molecule has 1 heterocycles. The van der Waals surface area contributed by atoms with Crippen LogP contribution in [0.4, 0.5) is 0 Å². The first-order valence-electron chi connectivity index (χ1n) is 4.76. The van der Waals surface area contributed by atoms with Crippen molar-refractivity contribution in [1.29, 1.82) is 0 Å². The van der Waals surface area contributed by atoms with Crippen molar-refractivity contribution in [2.24, 2.45) is 0 Å². The van der Waals surface area contributed by atoms with Gasteiger partial charge in [-0.2, -0.15) is 0 Å². The molecule has 3 rings (SSSR count). The number of rotatable bonds is 0. The molecule has 66 valence electrons. The van der Waals surface area contributed by atoms with Crippen molar-refractivity contribution < 1.29 is 0 Å². The molecule has 0 amide bonds. The molecule has 0 nitrogen and oxygen atoms in total. The fourth-order valence-electron chi connectivity index (χ4n) is 2.11. The molecular formula is C12H10BP. The van der Waals surface area contributed by atoms with Gasteiger partial charge in [-0.25, -0.2) is 0 Å². The number of hydrogen-bond acceptors (Lipinski definition) is 0. The van der Waals surface area contributed by atoms with E-state index < -0.39 is 7.41 Å². The first kappa shape index (κ1) is 8.26. The molecule has 0 atom stereocenters. The van der Waals surface area contributed by atoms with Gasteiger partial charge in [0, 0.05) is 0 Å². The Hall–Kier alpha value is -1.07. The van der Waals surface area contributed by atoms with Crippen LogP contribution >= 0.6 is 7.41 Å². The first-order valence-corrected chi connectivity index (χ1v) is 6.47. The van der Waals surface area contributed by atoms with Gasteiger partial charge in [-0.05, 0) is 0 Å². The Morgan fingerprint density at radius 3 is 1.64 bits per heavy atom. The normalized spacial score (nSPS) is 13.6. The van der Waals surface area contributed by atoms with Gasteiger partial charge in [0.1, 0.15) is 0 Å². The van der Waals surface area contributed by atoms with E-state index in [0.29, 0.717) is 0 Å². The van der Waals surface area contributed by atoms with Gasteiger partial charge in [0.15, 0.2) is 0 Å². The van der Waals surface area contributed by atoms with E-state index in [1.807, 2.05) is 0 Å². The van der Waals surface area contributed by atoms with Crippen molar-refractivity contribution >= 4 is 25.2 Å². The fourth-order valence-corrected chi connectivity index (χ4v) is 4.08. The average Bonchev–Trinajstić information content (AvgIpc) is 2.55. The van der Waals surface area contributed by atoms with E-state index in [1.165, 1.54) is 21.7 Å². The summed E-state index contributed by atoms with van der Waals surface area (Å²) in [7, 11) is 3.60. The zero-order valence-electron chi connectivity index (χ0n) is 7.83. The molecule has 0 radical (unpaired) electrons. The summed E-state index contributed by atoms with van der Waals surface area (Å²) in [4.78, 5) is 0. The first-order chi connectivity index (χ1) is 6.88. The molecule has 0 fully saturated rings. The molecule has 0 spiro atoms. The third-order valence-electron chi connectivity index (χ3n) is 2.79. The van der Waals surface area contributed by atoms with Gasteiger partial charge in [-0.1, -0.05) is 0 Å². The van der Waals surface area contributed by atoms with Crippen LogP contribution in [0.15, 0.2) is 48.5 Å². The van der Waals surface area contributed by atoms with E-state index in [1.54, 1.807) is 0 Å². The minimum atomic E-state index is -0.721. The van der Waals surface area contributed by atoms with Gasteiger partial charge in [-0.3, -0.25) is 0 Å². The molecule has 0 saturated heterocycles. The Balaban J connectivity index is 2.42. The molecule has 1 aliphatic heterocycles. The summed E-state index contributed by atoms with van der Waals surface area (Å²) in [6, 6.07) is 17.3. The number of fused-ring (bicyclic) bond motifs is 3. The van der Waals surface area contributed by atoms with E-state index in [2.05, 4.69) is 55.7 Å². The summed E-state index contributed by atoms with van der Waals surface area (Å²) in [5.41, 5.74) is 2.79. The van der Waals surface area contributed by atoms with Gasteiger partial charge in [0.05, 0.1) is 0 Å². The SMILES string of the molecule is B=[PH]1c2ccccc2-c2ccccc21. The second-order valence-electron chi connectivity index (χ2n) is 3.57. The predicted octanol–water partition coefficient (Wildman–Crippen LogP) is 1.65. The molecule has 1 aliphatic rings. The average molecular weight is 196 g/mol. The molecule has 0 unspecified atom stereocenters. The van der Waals surface area contributed by atoms with Crippen LogP contribution < -0.4 is 10.6 Å². The topological polar surface area (TPSA) is 0 Å². The van der Waals surface area contributed by atoms with E-state index in [0.717, 1.165) is 0 Å². The fraction of sp³-hybridized carbons (Fsp3) is 0. The van der Waals surface area contributed by atoms with Crippen LogP contribution in [0, 0.1) is 0 Å². The van der Waals surface area contributed by atoms with Crippen molar-refractivity contribution in [3.8, 4) is 11.1 Å². The zero-order chi connectivity index (χ0) is 9.54. The number of benzene rings is 2. The maximum atomic E-state index is 4.32. The van der Waals surface area contributed by atoms with Gasteiger partial charge in [0.2, 0.25) is 0 Å². The maximum absolute atomic E-state index is 4.32. The molecule has 0 aromatic heterocycles. The van der Waals surface area contributed by atoms with Crippen molar-refractivity contribution in [2.45, 2.75) is 0 Å². The van der Waals surface area contributed by atoms with Crippen LogP contribution in [0.1, 0.15) is 0 Å². The Kier molecular flexibility index (Phi) is 1.75. The van der Waals surface area contributed by atoms with E-state index in [9.17, 15) is 0 Å². The van der Waals surface area contributed by atoms with Gasteiger partial charge < -0.3 is 0 Å². The van der Waals surface area contributed by atoms with Crippen LogP contribution in [-0.2, 0) is 0 Å². The molecule has 0 N–H and O–H groups in total. The molecule has 2 aromatic carbocycles. The Morgan fingerprint density at radius 2 is 1.14 bits per heavy atom. The summed E-state index contributed by atoms with van der Waals surface area (Å²) >= 11 is 0. The van der Waals surface area contributed by atoms with Crippen molar-refractivity contribution in [3.63, 3.8) is 0 Å². The molecule has 14 heavy (non-hydrogen) atoms. The molecule has 2 heteroatoms. The van der Waals surface area contributed by atoms with Crippen LogP contribution in [-0.4, -0.2) is 7.18 Å². The van der Waals surface area contributed by atoms with Gasteiger partial charge in [-0.15, -0.1) is 0 Å². The van der Waals surface area contributed by atoms with Crippen LogP contribution in [0.25, 0.3) is 11.1 Å². The monoisotopic (exact) mass is 196 g/mol. The molecule has 0 bridgehead atoms. The van der Waals surface area contributed by atoms with E-state index >= 15 is 0 Å². The standard InChI is InChI=1S/C12H10BP/c13-14-11-7-3-1-5-9(11)10-6-2-4-8-12(10)14/h1-8,13-14H. The van der Waals surface area contributed by atoms with Gasteiger partial charge in [0.25, 0.3) is 0 Å². The van der Waals surface area contributed by atoms with Crippen molar-refractivity contribution in [2.75, 3.05) is 0 Å². The Bertz CT molecular complexity index is 484. The molecular weight excluding hydrogens is 186 g/mol. The molecule has 0 aliphatic carbocycles. The van der Waals surface area contributed by atoms with Crippen LogP contribution in [0.3, 0.4) is 0 Å². The third-order valence-corrected chi connectivity index (χ3v) is 4.97. The summed E-state index contributed by atoms with van der Waals surface area (Å²) in [6.45, 7) is 0. The summed E-state index contributed by atoms with van der Waals surface area (Å²) < 4.78 is 0. The minimum absolute atomic E-state index is 0.721. The third kappa shape index (κ3) is 0.995. The van der Waals surface area contributed by atoms with E-state index in [-0.39, 0.29) is 0 Å². The van der Waals surface area contributed by atoms with E-state index in [4.69, 9.17) is 0 Å². The summed E-state index contributed by atoms with van der Waals surface area (Å²) in [5, 5.41) is 2.91. The molecule has 2 aromatic rings. The van der Waals surface area contributed by atoms with Gasteiger partial charge >= 0.3 is 84.9 Å². The quantitative estimate of drug-likeness (QED) is 0.378.